The normalized spacial score (nSPS) is 11.9. The summed E-state index contributed by atoms with van der Waals surface area (Å²) >= 11 is 0. The number of aromatic nitrogens is 3. The molecule has 0 aliphatic heterocycles. The molecule has 0 aliphatic carbocycles. The first kappa shape index (κ1) is 31.5. The second kappa shape index (κ2) is 12.3. The second-order valence-corrected chi connectivity index (χ2v) is 14.3. The Labute approximate surface area is 325 Å². The van der Waals surface area contributed by atoms with E-state index in [9.17, 15) is 0 Å². The van der Waals surface area contributed by atoms with E-state index >= 15 is 0 Å². The van der Waals surface area contributed by atoms with E-state index in [-0.39, 0.29) is 0 Å². The van der Waals surface area contributed by atoms with Crippen molar-refractivity contribution in [2.45, 2.75) is 0 Å². The van der Waals surface area contributed by atoms with Crippen molar-refractivity contribution in [3.63, 3.8) is 0 Å². The van der Waals surface area contributed by atoms with Crippen molar-refractivity contribution in [2.24, 2.45) is 0 Å². The summed E-state index contributed by atoms with van der Waals surface area (Å²) < 4.78 is 19.6. The van der Waals surface area contributed by atoms with Crippen molar-refractivity contribution in [3.8, 4) is 56.4 Å². The summed E-state index contributed by atoms with van der Waals surface area (Å²) in [6, 6.07) is 59.8. The Hall–Kier alpha value is -7.83. The van der Waals surface area contributed by atoms with Gasteiger partial charge >= 0.3 is 0 Å². The standard InChI is InChI=1S/C51H29N3O3/c1-3-12-30(13-4-1)49-52-50(31-14-5-2-6-15-31)54-51(53-49)39-18-11-21-44-47(39)41-27-34(32-22-24-37-35-16-7-9-19-42(35)55-45(37)28-32)26-40(48(41)57-44)33-23-25-38-36-17-8-10-20-43(36)56-46(38)29-33/h1-29H. The molecule has 6 nitrogen and oxygen atoms in total. The largest absolute Gasteiger partial charge is 0.456 e. The van der Waals surface area contributed by atoms with Gasteiger partial charge in [-0.25, -0.2) is 15.0 Å². The van der Waals surface area contributed by atoms with E-state index in [1.807, 2.05) is 109 Å². The van der Waals surface area contributed by atoms with Crippen molar-refractivity contribution in [2.75, 3.05) is 0 Å². The predicted molar refractivity (Wildman–Crippen MR) is 229 cm³/mol. The first-order valence-electron chi connectivity index (χ1n) is 18.9. The molecule has 0 saturated heterocycles. The SMILES string of the molecule is c1ccc(-c2nc(-c3ccccc3)nc(-c3cccc4oc5c(-c6ccc7c(c6)oc6ccccc67)cc(-c6ccc7c(c6)oc6ccccc67)cc5c34)n2)cc1. The van der Waals surface area contributed by atoms with E-state index in [0.29, 0.717) is 17.5 Å². The van der Waals surface area contributed by atoms with Crippen LogP contribution in [0.25, 0.3) is 122 Å². The number of para-hydroxylation sites is 2. The Bertz CT molecular complexity index is 3470. The Balaban J connectivity index is 1.13. The summed E-state index contributed by atoms with van der Waals surface area (Å²) in [5, 5.41) is 6.22. The van der Waals surface area contributed by atoms with Gasteiger partial charge in [-0.15, -0.1) is 0 Å². The summed E-state index contributed by atoms with van der Waals surface area (Å²) in [7, 11) is 0. The van der Waals surface area contributed by atoms with Crippen LogP contribution >= 0.6 is 0 Å². The first-order chi connectivity index (χ1) is 28.2. The van der Waals surface area contributed by atoms with Crippen LogP contribution in [0.4, 0.5) is 0 Å². The average Bonchev–Trinajstić information content (AvgIpc) is 3.97. The highest BCUT2D eigenvalue weighted by atomic mass is 16.3. The molecular formula is C51H29N3O3. The van der Waals surface area contributed by atoms with Gasteiger partial charge in [0.1, 0.15) is 33.5 Å². The highest BCUT2D eigenvalue weighted by molar-refractivity contribution is 6.17. The second-order valence-electron chi connectivity index (χ2n) is 14.3. The lowest BCUT2D eigenvalue weighted by Gasteiger charge is -2.10. The minimum Gasteiger partial charge on any atom is -0.456 e. The molecule has 0 amide bonds. The topological polar surface area (TPSA) is 78.1 Å². The Kier molecular flexibility index (Phi) is 6.83. The van der Waals surface area contributed by atoms with Crippen LogP contribution in [0.1, 0.15) is 0 Å². The maximum Gasteiger partial charge on any atom is 0.164 e. The van der Waals surface area contributed by atoms with Crippen molar-refractivity contribution >= 4 is 65.8 Å². The van der Waals surface area contributed by atoms with Crippen LogP contribution < -0.4 is 0 Å². The zero-order valence-corrected chi connectivity index (χ0v) is 30.3. The molecule has 0 unspecified atom stereocenters. The third-order valence-electron chi connectivity index (χ3n) is 10.9. The first-order valence-corrected chi connectivity index (χ1v) is 18.9. The smallest absolute Gasteiger partial charge is 0.164 e. The molecule has 0 bridgehead atoms. The predicted octanol–water partition coefficient (Wildman–Crippen LogP) is 13.9. The number of hydrogen-bond donors (Lipinski definition) is 0. The van der Waals surface area contributed by atoms with Gasteiger partial charge in [-0.2, -0.15) is 0 Å². The fraction of sp³-hybridized carbons (Fsp3) is 0. The van der Waals surface area contributed by atoms with Gasteiger partial charge in [-0.05, 0) is 71.3 Å². The van der Waals surface area contributed by atoms with E-state index in [4.69, 9.17) is 28.2 Å². The molecular weight excluding hydrogens is 703 g/mol. The van der Waals surface area contributed by atoms with Crippen LogP contribution in [0.5, 0.6) is 0 Å². The molecule has 0 saturated carbocycles. The third kappa shape index (κ3) is 5.08. The molecule has 0 aliphatic rings. The Morgan fingerprint density at radius 3 is 1.46 bits per heavy atom. The molecule has 6 heteroatoms. The monoisotopic (exact) mass is 731 g/mol. The average molecular weight is 732 g/mol. The quantitative estimate of drug-likeness (QED) is 0.175. The molecule has 0 N–H and O–H groups in total. The zero-order chi connectivity index (χ0) is 37.5. The fourth-order valence-electron chi connectivity index (χ4n) is 8.22. The van der Waals surface area contributed by atoms with Crippen molar-refractivity contribution in [3.05, 3.63) is 176 Å². The summed E-state index contributed by atoms with van der Waals surface area (Å²) in [4.78, 5) is 15.2. The van der Waals surface area contributed by atoms with Crippen LogP contribution in [-0.2, 0) is 0 Å². The molecule has 0 atom stereocenters. The number of rotatable bonds is 5. The maximum atomic E-state index is 6.88. The maximum absolute atomic E-state index is 6.88. The lowest BCUT2D eigenvalue weighted by molar-refractivity contribution is 0.668. The summed E-state index contributed by atoms with van der Waals surface area (Å²) in [5.41, 5.74) is 11.5. The highest BCUT2D eigenvalue weighted by Crippen LogP contribution is 2.44. The van der Waals surface area contributed by atoms with Crippen LogP contribution in [0.2, 0.25) is 0 Å². The van der Waals surface area contributed by atoms with Crippen LogP contribution in [0.15, 0.2) is 189 Å². The van der Waals surface area contributed by atoms with Gasteiger partial charge in [0.05, 0.1) is 0 Å². The minimum atomic E-state index is 0.565. The van der Waals surface area contributed by atoms with Crippen molar-refractivity contribution in [1.82, 2.24) is 15.0 Å². The van der Waals surface area contributed by atoms with Crippen molar-refractivity contribution in [1.29, 1.82) is 0 Å². The molecule has 12 rings (SSSR count). The molecule has 8 aromatic carbocycles. The molecule has 12 aromatic rings. The molecule has 57 heavy (non-hydrogen) atoms. The summed E-state index contributed by atoms with van der Waals surface area (Å²) in [6.45, 7) is 0. The third-order valence-corrected chi connectivity index (χ3v) is 10.9. The van der Waals surface area contributed by atoms with E-state index in [0.717, 1.165) is 105 Å². The number of hydrogen-bond acceptors (Lipinski definition) is 6. The van der Waals surface area contributed by atoms with Crippen LogP contribution in [0.3, 0.4) is 0 Å². The van der Waals surface area contributed by atoms with Gasteiger partial charge in [0.2, 0.25) is 0 Å². The molecule has 0 spiro atoms. The lowest BCUT2D eigenvalue weighted by atomic mass is 9.94. The molecule has 266 valence electrons. The Morgan fingerprint density at radius 1 is 0.281 bits per heavy atom. The van der Waals surface area contributed by atoms with E-state index in [2.05, 4.69) is 66.7 Å². The lowest BCUT2D eigenvalue weighted by Crippen LogP contribution is -2.00. The van der Waals surface area contributed by atoms with Gasteiger partial charge in [-0.1, -0.05) is 121 Å². The van der Waals surface area contributed by atoms with E-state index in [1.165, 1.54) is 0 Å². The number of fused-ring (bicyclic) bond motifs is 9. The highest BCUT2D eigenvalue weighted by Gasteiger charge is 2.22. The summed E-state index contributed by atoms with van der Waals surface area (Å²) in [6.07, 6.45) is 0. The van der Waals surface area contributed by atoms with Gasteiger partial charge in [-0.3, -0.25) is 0 Å². The van der Waals surface area contributed by atoms with E-state index in [1.54, 1.807) is 0 Å². The Morgan fingerprint density at radius 2 is 0.807 bits per heavy atom. The van der Waals surface area contributed by atoms with Crippen LogP contribution in [0, 0.1) is 0 Å². The van der Waals surface area contributed by atoms with Crippen LogP contribution in [-0.4, -0.2) is 15.0 Å². The summed E-state index contributed by atoms with van der Waals surface area (Å²) in [5.74, 6) is 1.77. The van der Waals surface area contributed by atoms with Gasteiger partial charge in [0.15, 0.2) is 17.5 Å². The van der Waals surface area contributed by atoms with Gasteiger partial charge in [0, 0.05) is 54.6 Å². The number of furan rings is 3. The molecule has 4 heterocycles. The molecule has 0 radical (unpaired) electrons. The molecule has 4 aromatic heterocycles. The van der Waals surface area contributed by atoms with Gasteiger partial charge in [0.25, 0.3) is 0 Å². The number of benzene rings is 8. The van der Waals surface area contributed by atoms with E-state index < -0.39 is 0 Å². The molecule has 0 fully saturated rings. The van der Waals surface area contributed by atoms with Crippen molar-refractivity contribution < 1.29 is 13.3 Å². The number of nitrogens with zero attached hydrogens (tertiary/aromatic N) is 3. The van der Waals surface area contributed by atoms with Gasteiger partial charge < -0.3 is 13.3 Å². The minimum absolute atomic E-state index is 0.565. The fourth-order valence-corrected chi connectivity index (χ4v) is 8.22. The zero-order valence-electron chi connectivity index (χ0n) is 30.3.